The number of nitrogens with zero attached hydrogens (tertiary/aromatic N) is 2. The number of hydrogen-bond donors (Lipinski definition) is 0. The quantitative estimate of drug-likeness (QED) is 0.524. The number of rotatable bonds is 10. The number of benzene rings is 2. The molecule has 0 bridgehead atoms. The molecule has 2 amide bonds. The molecule has 0 N–H and O–H groups in total. The second kappa shape index (κ2) is 10.4. The van der Waals surface area contributed by atoms with Crippen LogP contribution >= 0.6 is 11.6 Å². The summed E-state index contributed by atoms with van der Waals surface area (Å²) in [6, 6.07) is 13.8. The predicted octanol–water partition coefficient (Wildman–Crippen LogP) is 3.23. The number of para-hydroxylation sites is 1. The fourth-order valence-corrected chi connectivity index (χ4v) is 3.68. The molecule has 0 atom stereocenters. The molecule has 0 fully saturated rings. The van der Waals surface area contributed by atoms with Gasteiger partial charge in [-0.05, 0) is 24.3 Å². The lowest BCUT2D eigenvalue weighted by atomic mass is 10.0. The number of ether oxygens (including phenoxy) is 3. The van der Waals surface area contributed by atoms with Crippen LogP contribution in [0.2, 0.25) is 5.02 Å². The van der Waals surface area contributed by atoms with Crippen LogP contribution in [-0.2, 0) is 19.1 Å². The minimum Gasteiger partial charge on any atom is -0.496 e. The van der Waals surface area contributed by atoms with Gasteiger partial charge in [0.15, 0.2) is 0 Å². The van der Waals surface area contributed by atoms with Crippen LogP contribution in [0.1, 0.15) is 5.56 Å². The van der Waals surface area contributed by atoms with E-state index in [0.717, 1.165) is 4.90 Å². The van der Waals surface area contributed by atoms with Crippen molar-refractivity contribution in [2.24, 2.45) is 0 Å². The smallest absolute Gasteiger partial charge is 0.282 e. The number of halogens is 1. The molecule has 0 aliphatic carbocycles. The van der Waals surface area contributed by atoms with Crippen LogP contribution in [0.5, 0.6) is 5.75 Å². The van der Waals surface area contributed by atoms with Crippen molar-refractivity contribution in [1.82, 2.24) is 4.90 Å². The second-order valence-electron chi connectivity index (χ2n) is 6.82. The average molecular weight is 445 g/mol. The third-order valence-corrected chi connectivity index (χ3v) is 5.18. The van der Waals surface area contributed by atoms with Gasteiger partial charge in [0.2, 0.25) is 0 Å². The molecule has 0 aromatic heterocycles. The summed E-state index contributed by atoms with van der Waals surface area (Å²) in [5.74, 6) is -0.366. The van der Waals surface area contributed by atoms with E-state index < -0.39 is 11.8 Å². The molecule has 2 aromatic rings. The zero-order valence-corrected chi connectivity index (χ0v) is 18.5. The molecule has 0 radical (unpaired) electrons. The van der Waals surface area contributed by atoms with Crippen molar-refractivity contribution in [2.45, 2.75) is 0 Å². The van der Waals surface area contributed by atoms with Crippen molar-refractivity contribution in [1.29, 1.82) is 0 Å². The van der Waals surface area contributed by atoms with E-state index >= 15 is 0 Å². The first-order valence-corrected chi connectivity index (χ1v) is 10.2. The van der Waals surface area contributed by atoms with Crippen LogP contribution in [0, 0.1) is 0 Å². The van der Waals surface area contributed by atoms with E-state index in [-0.39, 0.29) is 11.3 Å². The van der Waals surface area contributed by atoms with Gasteiger partial charge in [-0.25, -0.2) is 4.90 Å². The fraction of sp³-hybridized carbons (Fsp3) is 0.304. The summed E-state index contributed by atoms with van der Waals surface area (Å²) >= 11 is 6.13. The number of anilines is 1. The maximum atomic E-state index is 13.6. The van der Waals surface area contributed by atoms with E-state index in [0.29, 0.717) is 48.3 Å². The van der Waals surface area contributed by atoms with Gasteiger partial charge in [-0.2, -0.15) is 0 Å². The maximum Gasteiger partial charge on any atom is 0.282 e. The topological polar surface area (TPSA) is 68.3 Å². The van der Waals surface area contributed by atoms with Crippen molar-refractivity contribution in [2.75, 3.05) is 52.5 Å². The second-order valence-corrected chi connectivity index (χ2v) is 7.26. The van der Waals surface area contributed by atoms with Crippen molar-refractivity contribution >= 4 is 34.7 Å². The molecule has 1 aliphatic rings. The zero-order chi connectivity index (χ0) is 22.4. The molecule has 1 heterocycles. The van der Waals surface area contributed by atoms with E-state index in [1.54, 1.807) is 56.7 Å². The number of methoxy groups -OCH3 is 3. The summed E-state index contributed by atoms with van der Waals surface area (Å²) < 4.78 is 15.9. The first kappa shape index (κ1) is 22.8. The highest BCUT2D eigenvalue weighted by atomic mass is 35.5. The van der Waals surface area contributed by atoms with Gasteiger partial charge in [-0.15, -0.1) is 0 Å². The minimum absolute atomic E-state index is 0.273. The standard InChI is InChI=1S/C23H25ClN2O5/c1-29-13-11-25(12-14-30-2)21-20(18-9-4-5-10-19(18)31-3)22(27)26(23(21)28)17-8-6-7-16(24)15-17/h4-10,15H,11-14H2,1-3H3. The third-order valence-electron chi connectivity index (χ3n) is 4.95. The van der Waals surface area contributed by atoms with E-state index in [1.165, 1.54) is 7.11 Å². The van der Waals surface area contributed by atoms with Gasteiger partial charge in [-0.1, -0.05) is 35.9 Å². The van der Waals surface area contributed by atoms with Crippen molar-refractivity contribution in [3.05, 3.63) is 64.8 Å². The highest BCUT2D eigenvalue weighted by Crippen LogP contribution is 2.38. The summed E-state index contributed by atoms with van der Waals surface area (Å²) in [4.78, 5) is 30.2. The lowest BCUT2D eigenvalue weighted by Gasteiger charge is -2.25. The summed E-state index contributed by atoms with van der Waals surface area (Å²) in [5, 5.41) is 0.431. The predicted molar refractivity (Wildman–Crippen MR) is 119 cm³/mol. The fourth-order valence-electron chi connectivity index (χ4n) is 3.49. The first-order chi connectivity index (χ1) is 15.0. The Balaban J connectivity index is 2.18. The Morgan fingerprint density at radius 3 is 2.19 bits per heavy atom. The summed E-state index contributed by atoms with van der Waals surface area (Å²) in [5.41, 5.74) is 1.50. The van der Waals surface area contributed by atoms with E-state index in [2.05, 4.69) is 0 Å². The Morgan fingerprint density at radius 2 is 1.58 bits per heavy atom. The Labute approximate surface area is 186 Å². The lowest BCUT2D eigenvalue weighted by molar-refractivity contribution is -0.120. The first-order valence-electron chi connectivity index (χ1n) is 9.78. The Hall–Kier alpha value is -2.87. The lowest BCUT2D eigenvalue weighted by Crippen LogP contribution is -2.37. The number of carbonyl (C=O) groups is 2. The largest absolute Gasteiger partial charge is 0.496 e. The van der Waals surface area contributed by atoms with Crippen LogP contribution in [-0.4, -0.2) is 64.3 Å². The maximum absolute atomic E-state index is 13.6. The van der Waals surface area contributed by atoms with Crippen LogP contribution in [0.25, 0.3) is 5.57 Å². The number of amides is 2. The van der Waals surface area contributed by atoms with E-state index in [1.807, 2.05) is 11.0 Å². The van der Waals surface area contributed by atoms with Crippen molar-refractivity contribution < 1.29 is 23.8 Å². The average Bonchev–Trinajstić information content (AvgIpc) is 3.03. The summed E-state index contributed by atoms with van der Waals surface area (Å²) in [7, 11) is 4.70. The SMILES string of the molecule is COCCN(CCOC)C1=C(c2ccccc2OC)C(=O)N(c2cccc(Cl)c2)C1=O. The van der Waals surface area contributed by atoms with Gasteiger partial charge in [0, 0.05) is 37.9 Å². The van der Waals surface area contributed by atoms with E-state index in [9.17, 15) is 9.59 Å². The molecular weight excluding hydrogens is 420 g/mol. The monoisotopic (exact) mass is 444 g/mol. The molecule has 1 aliphatic heterocycles. The van der Waals surface area contributed by atoms with Crippen LogP contribution in [0.3, 0.4) is 0 Å². The normalized spacial score (nSPS) is 13.9. The summed E-state index contributed by atoms with van der Waals surface area (Å²) in [6.07, 6.45) is 0. The van der Waals surface area contributed by atoms with E-state index in [4.69, 9.17) is 25.8 Å². The molecule has 3 rings (SSSR count). The Morgan fingerprint density at radius 1 is 0.903 bits per heavy atom. The summed E-state index contributed by atoms with van der Waals surface area (Å²) in [6.45, 7) is 1.59. The van der Waals surface area contributed by atoms with Crippen LogP contribution < -0.4 is 9.64 Å². The Kier molecular flexibility index (Phi) is 7.68. The molecule has 0 unspecified atom stereocenters. The number of hydrogen-bond acceptors (Lipinski definition) is 6. The number of imide groups is 1. The molecule has 0 saturated carbocycles. The van der Waals surface area contributed by atoms with Crippen LogP contribution in [0.4, 0.5) is 5.69 Å². The zero-order valence-electron chi connectivity index (χ0n) is 17.8. The van der Waals surface area contributed by atoms with Crippen LogP contribution in [0.15, 0.2) is 54.2 Å². The molecular formula is C23H25ClN2O5. The highest BCUT2D eigenvalue weighted by molar-refractivity contribution is 6.46. The minimum atomic E-state index is -0.438. The molecule has 2 aromatic carbocycles. The molecule has 0 spiro atoms. The van der Waals surface area contributed by atoms with Gasteiger partial charge in [0.1, 0.15) is 11.4 Å². The molecule has 8 heteroatoms. The Bertz CT molecular complexity index is 983. The van der Waals surface area contributed by atoms with Crippen molar-refractivity contribution in [3.8, 4) is 5.75 Å². The molecule has 7 nitrogen and oxygen atoms in total. The molecule has 164 valence electrons. The van der Waals surface area contributed by atoms with Gasteiger partial charge in [-0.3, -0.25) is 9.59 Å². The van der Waals surface area contributed by atoms with Crippen molar-refractivity contribution in [3.63, 3.8) is 0 Å². The van der Waals surface area contributed by atoms with Gasteiger partial charge in [0.25, 0.3) is 11.8 Å². The number of carbonyl (C=O) groups excluding carboxylic acids is 2. The van der Waals surface area contributed by atoms with Gasteiger partial charge in [0.05, 0.1) is 31.6 Å². The molecule has 0 saturated heterocycles. The van der Waals surface area contributed by atoms with Gasteiger partial charge >= 0.3 is 0 Å². The van der Waals surface area contributed by atoms with Gasteiger partial charge < -0.3 is 19.1 Å². The third kappa shape index (κ3) is 4.74. The molecule has 31 heavy (non-hydrogen) atoms. The highest BCUT2D eigenvalue weighted by Gasteiger charge is 2.43.